The smallest absolute Gasteiger partial charge is 0.257 e. The Labute approximate surface area is 136 Å². The molecule has 0 aromatic heterocycles. The molecule has 3 rings (SSSR count). The molecule has 5 heteroatoms. The highest BCUT2D eigenvalue weighted by atomic mass is 127. The van der Waals surface area contributed by atoms with Crippen LogP contribution in [0.4, 0.5) is 5.69 Å². The van der Waals surface area contributed by atoms with Gasteiger partial charge in [-0.1, -0.05) is 30.3 Å². The fourth-order valence-corrected chi connectivity index (χ4v) is 3.24. The number of carbonyl (C=O) groups is 1. The first-order chi connectivity index (χ1) is 10.1. The summed E-state index contributed by atoms with van der Waals surface area (Å²) in [4.78, 5) is 12.3. The first kappa shape index (κ1) is 14.5. The van der Waals surface area contributed by atoms with E-state index >= 15 is 0 Å². The van der Waals surface area contributed by atoms with E-state index in [0.717, 1.165) is 3.57 Å². The van der Waals surface area contributed by atoms with Crippen LogP contribution in [-0.4, -0.2) is 24.2 Å². The van der Waals surface area contributed by atoms with Crippen molar-refractivity contribution in [1.82, 2.24) is 0 Å². The predicted octanol–water partition coefficient (Wildman–Crippen LogP) is 2.49. The Hall–Kier alpha value is -1.44. The first-order valence-corrected chi connectivity index (χ1v) is 7.57. The molecule has 108 valence electrons. The second-order valence-corrected chi connectivity index (χ2v) is 6.17. The average molecular weight is 395 g/mol. The zero-order valence-electron chi connectivity index (χ0n) is 11.3. The van der Waals surface area contributed by atoms with Crippen LogP contribution in [0.15, 0.2) is 48.5 Å². The van der Waals surface area contributed by atoms with Crippen LogP contribution >= 0.6 is 22.6 Å². The number of fused-ring (bicyclic) bond motifs is 1. The van der Waals surface area contributed by atoms with Crippen molar-refractivity contribution in [2.45, 2.75) is 11.7 Å². The molecule has 0 saturated carbocycles. The van der Waals surface area contributed by atoms with Crippen LogP contribution in [0.25, 0.3) is 0 Å². The minimum atomic E-state index is -1.51. The van der Waals surface area contributed by atoms with Gasteiger partial charge in [-0.2, -0.15) is 0 Å². The van der Waals surface area contributed by atoms with Crippen LogP contribution < -0.4 is 5.32 Å². The van der Waals surface area contributed by atoms with E-state index in [1.165, 1.54) is 7.11 Å². The lowest BCUT2D eigenvalue weighted by atomic mass is 9.78. The molecule has 2 aromatic carbocycles. The molecule has 2 aromatic rings. The van der Waals surface area contributed by atoms with Crippen molar-refractivity contribution in [2.75, 3.05) is 12.4 Å². The predicted molar refractivity (Wildman–Crippen MR) is 88.0 cm³/mol. The SMILES string of the molecule is COC1C(=O)Nc2ccc(I)cc2C1(O)c1ccccc1. The normalized spacial score (nSPS) is 24.3. The third kappa shape index (κ3) is 2.25. The van der Waals surface area contributed by atoms with Gasteiger partial charge in [-0.05, 0) is 46.4 Å². The van der Waals surface area contributed by atoms with Crippen LogP contribution in [0.3, 0.4) is 0 Å². The molecule has 0 radical (unpaired) electrons. The van der Waals surface area contributed by atoms with Crippen LogP contribution in [0.5, 0.6) is 0 Å². The average Bonchev–Trinajstić information content (AvgIpc) is 2.49. The molecule has 0 spiro atoms. The minimum absolute atomic E-state index is 0.349. The summed E-state index contributed by atoms with van der Waals surface area (Å²) in [6.45, 7) is 0. The summed E-state index contributed by atoms with van der Waals surface area (Å²) in [5.74, 6) is -0.349. The number of hydrogen-bond acceptors (Lipinski definition) is 3. The summed E-state index contributed by atoms with van der Waals surface area (Å²) in [6, 6.07) is 14.7. The number of rotatable bonds is 2. The third-order valence-electron chi connectivity index (χ3n) is 3.72. The maximum absolute atomic E-state index is 12.3. The van der Waals surface area contributed by atoms with E-state index in [0.29, 0.717) is 16.8 Å². The number of aliphatic hydroxyl groups is 1. The van der Waals surface area contributed by atoms with Crippen molar-refractivity contribution in [2.24, 2.45) is 0 Å². The van der Waals surface area contributed by atoms with E-state index < -0.39 is 11.7 Å². The van der Waals surface area contributed by atoms with Gasteiger partial charge in [0.05, 0.1) is 0 Å². The number of amides is 1. The Morgan fingerprint density at radius 1 is 1.24 bits per heavy atom. The Kier molecular flexibility index (Phi) is 3.73. The molecule has 0 fully saturated rings. The van der Waals surface area contributed by atoms with E-state index in [9.17, 15) is 9.90 Å². The van der Waals surface area contributed by atoms with Crippen molar-refractivity contribution in [3.05, 3.63) is 63.2 Å². The summed E-state index contributed by atoms with van der Waals surface area (Å²) in [6.07, 6.45) is -0.995. The maximum Gasteiger partial charge on any atom is 0.257 e. The number of hydrogen-bond donors (Lipinski definition) is 2. The van der Waals surface area contributed by atoms with Gasteiger partial charge in [0.1, 0.15) is 0 Å². The second-order valence-electron chi connectivity index (χ2n) is 4.93. The maximum atomic E-state index is 12.3. The molecule has 1 aliphatic heterocycles. The molecule has 2 atom stereocenters. The molecule has 21 heavy (non-hydrogen) atoms. The molecular weight excluding hydrogens is 381 g/mol. The monoisotopic (exact) mass is 395 g/mol. The molecule has 2 N–H and O–H groups in total. The fraction of sp³-hybridized carbons (Fsp3) is 0.188. The van der Waals surface area contributed by atoms with Crippen LogP contribution in [0.2, 0.25) is 0 Å². The second kappa shape index (κ2) is 5.40. The van der Waals surface area contributed by atoms with E-state index in [4.69, 9.17) is 4.74 Å². The zero-order chi connectivity index (χ0) is 15.0. The highest BCUT2D eigenvalue weighted by Gasteiger charge is 2.49. The van der Waals surface area contributed by atoms with Crippen LogP contribution in [0, 0.1) is 3.57 Å². The van der Waals surface area contributed by atoms with Crippen molar-refractivity contribution in [3.63, 3.8) is 0 Å². The minimum Gasteiger partial charge on any atom is -0.377 e. The number of benzene rings is 2. The van der Waals surface area contributed by atoms with Gasteiger partial charge in [0.25, 0.3) is 5.91 Å². The highest BCUT2D eigenvalue weighted by Crippen LogP contribution is 2.42. The number of nitrogens with one attached hydrogen (secondary N) is 1. The molecule has 4 nitrogen and oxygen atoms in total. The molecule has 1 aliphatic rings. The van der Waals surface area contributed by atoms with Gasteiger partial charge in [0, 0.05) is 21.9 Å². The van der Waals surface area contributed by atoms with Gasteiger partial charge in [0.2, 0.25) is 0 Å². The summed E-state index contributed by atoms with van der Waals surface area (Å²) in [7, 11) is 1.43. The third-order valence-corrected chi connectivity index (χ3v) is 4.39. The summed E-state index contributed by atoms with van der Waals surface area (Å²) < 4.78 is 6.28. The molecule has 0 bridgehead atoms. The molecular formula is C16H14INO3. The Morgan fingerprint density at radius 2 is 1.95 bits per heavy atom. The van der Waals surface area contributed by atoms with E-state index in [-0.39, 0.29) is 5.91 Å². The Morgan fingerprint density at radius 3 is 2.62 bits per heavy atom. The standard InChI is InChI=1S/C16H14INO3/c1-21-14-15(19)18-13-8-7-11(17)9-12(13)16(14,20)10-5-3-2-4-6-10/h2-9,14,20H,1H3,(H,18,19). The molecule has 0 aliphatic carbocycles. The highest BCUT2D eigenvalue weighted by molar-refractivity contribution is 14.1. The van der Waals surface area contributed by atoms with E-state index in [1.54, 1.807) is 18.2 Å². The summed E-state index contributed by atoms with van der Waals surface area (Å²) >= 11 is 2.18. The van der Waals surface area contributed by atoms with Gasteiger partial charge in [-0.3, -0.25) is 4.79 Å². The van der Waals surface area contributed by atoms with Crippen LogP contribution in [-0.2, 0) is 15.1 Å². The lowest BCUT2D eigenvalue weighted by Gasteiger charge is -2.40. The van der Waals surface area contributed by atoms with E-state index in [1.807, 2.05) is 30.3 Å². The Bertz CT molecular complexity index is 689. The van der Waals surface area contributed by atoms with Gasteiger partial charge in [-0.25, -0.2) is 0 Å². The molecule has 1 amide bonds. The number of methoxy groups -OCH3 is 1. The van der Waals surface area contributed by atoms with Crippen molar-refractivity contribution in [3.8, 4) is 0 Å². The molecule has 0 saturated heterocycles. The van der Waals surface area contributed by atoms with Crippen LogP contribution in [0.1, 0.15) is 11.1 Å². The number of carbonyl (C=O) groups excluding carboxylic acids is 1. The molecule has 2 unspecified atom stereocenters. The quantitative estimate of drug-likeness (QED) is 0.769. The van der Waals surface area contributed by atoms with Gasteiger partial charge >= 0.3 is 0 Å². The first-order valence-electron chi connectivity index (χ1n) is 6.49. The topological polar surface area (TPSA) is 58.6 Å². The van der Waals surface area contributed by atoms with Crippen molar-refractivity contribution in [1.29, 1.82) is 0 Å². The lowest BCUT2D eigenvalue weighted by Crippen LogP contribution is -2.52. The number of ether oxygens (including phenoxy) is 1. The van der Waals surface area contributed by atoms with E-state index in [2.05, 4.69) is 27.9 Å². The summed E-state index contributed by atoms with van der Waals surface area (Å²) in [5, 5.41) is 14.1. The largest absolute Gasteiger partial charge is 0.377 e. The fourth-order valence-electron chi connectivity index (χ4n) is 2.75. The zero-order valence-corrected chi connectivity index (χ0v) is 13.5. The van der Waals surface area contributed by atoms with Crippen molar-refractivity contribution < 1.29 is 14.6 Å². The lowest BCUT2D eigenvalue weighted by molar-refractivity contribution is -0.142. The molecule has 1 heterocycles. The van der Waals surface area contributed by atoms with Crippen molar-refractivity contribution >= 4 is 34.2 Å². The van der Waals surface area contributed by atoms with Gasteiger partial charge in [0.15, 0.2) is 11.7 Å². The van der Waals surface area contributed by atoms with Gasteiger partial charge < -0.3 is 15.2 Å². The Balaban J connectivity index is 2.29. The number of halogens is 1. The summed E-state index contributed by atoms with van der Waals surface area (Å²) in [5.41, 5.74) is 0.386. The number of anilines is 1. The van der Waals surface area contributed by atoms with Gasteiger partial charge in [-0.15, -0.1) is 0 Å².